The highest BCUT2D eigenvalue weighted by Gasteiger charge is 2.62. The fraction of sp³-hybridized carbons (Fsp3) is 0.439. The van der Waals surface area contributed by atoms with Crippen LogP contribution >= 0.6 is 0 Å². The Morgan fingerprint density at radius 3 is 2.48 bits per heavy atom. The van der Waals surface area contributed by atoms with Crippen LogP contribution < -0.4 is 20.1 Å². The Morgan fingerprint density at radius 2 is 1.75 bits per heavy atom. The molecule has 0 unspecified atom stereocenters. The lowest BCUT2D eigenvalue weighted by Crippen LogP contribution is -2.58. The number of allylic oxidation sites excluding steroid dienone is 1. The van der Waals surface area contributed by atoms with Gasteiger partial charge in [-0.05, 0) is 62.8 Å². The number of para-hydroxylation sites is 1. The predicted octanol–water partition coefficient (Wildman–Crippen LogP) is 4.07. The Balaban J connectivity index is 1.15. The van der Waals surface area contributed by atoms with Crippen LogP contribution in [-0.2, 0) is 44.9 Å². The summed E-state index contributed by atoms with van der Waals surface area (Å²) in [5, 5.41) is 5.05. The Morgan fingerprint density at radius 1 is 1.00 bits per heavy atom. The van der Waals surface area contributed by atoms with Gasteiger partial charge in [-0.2, -0.15) is 18.2 Å². The number of hydrogen-bond donors (Lipinski definition) is 3. The van der Waals surface area contributed by atoms with E-state index in [2.05, 4.69) is 30.1 Å². The highest BCUT2D eigenvalue weighted by Crippen LogP contribution is 2.46. The quantitative estimate of drug-likeness (QED) is 0.136. The molecule has 4 aliphatic rings. The van der Waals surface area contributed by atoms with Crippen molar-refractivity contribution in [1.82, 2.24) is 30.2 Å². The number of benzene rings is 2. The summed E-state index contributed by atoms with van der Waals surface area (Å²) >= 11 is 0. The van der Waals surface area contributed by atoms with Gasteiger partial charge in [0.2, 0.25) is 27.4 Å². The van der Waals surface area contributed by atoms with Crippen molar-refractivity contribution in [1.29, 1.82) is 0 Å². The maximum absolute atomic E-state index is 14.5. The van der Waals surface area contributed by atoms with Gasteiger partial charge in [-0.15, -0.1) is 0 Å². The fourth-order valence-corrected chi connectivity index (χ4v) is 9.26. The summed E-state index contributed by atoms with van der Waals surface area (Å²) in [6.07, 6.45) is 1.14. The molecule has 0 bridgehead atoms. The number of nitrogens with zero attached hydrogens (tertiary/aromatic N) is 3. The van der Waals surface area contributed by atoms with Crippen LogP contribution in [0.2, 0.25) is 0 Å². The summed E-state index contributed by atoms with van der Waals surface area (Å²) < 4.78 is 85.3. The summed E-state index contributed by atoms with van der Waals surface area (Å²) in [6.45, 7) is -0.276. The van der Waals surface area contributed by atoms with Crippen molar-refractivity contribution in [3.8, 4) is 17.3 Å². The number of ether oxygens (including phenoxy) is 2. The number of alkyl halides is 3. The van der Waals surface area contributed by atoms with Gasteiger partial charge in [0.05, 0.1) is 24.5 Å². The molecule has 4 amide bonds. The Hall–Kier alpha value is -6.05. The number of carbonyl (C=O) groups is 5. The standard InChI is InChI=1S/C41H41F3N6O10S/c1-58-38(54)35(52)45-28-11-6-4-2-3-5-9-24-20-40(24,39(55)49-61(56,57)26-17-18-26)48-34(51)29-19-25(21-50(29)37(28)53)59-36-32-31(27-10-7-8-12-30(27)60-32)46-33(47-36)22-13-15-23(16-14-22)41(42,43)44/h5,7-10,12-16,24-26,28-29H,2-4,6,11,17-21H2,1H3,(H,45,52)(H,48,51)(H,49,55)/t24-,25-,28+,29+,40-/m1/s1. The number of carbonyl (C=O) groups excluding carboxylic acids is 5. The van der Waals surface area contributed by atoms with E-state index in [0.717, 1.165) is 19.2 Å². The van der Waals surface area contributed by atoms with E-state index >= 15 is 0 Å². The zero-order valence-electron chi connectivity index (χ0n) is 32.7. The molecule has 2 aliphatic heterocycles. The second-order valence-electron chi connectivity index (χ2n) is 15.7. The van der Waals surface area contributed by atoms with Gasteiger partial charge in [-0.1, -0.05) is 49.3 Å². The highest BCUT2D eigenvalue weighted by atomic mass is 32.2. The van der Waals surface area contributed by atoms with Crippen molar-refractivity contribution < 1.29 is 59.5 Å². The molecular weight excluding hydrogens is 826 g/mol. The molecule has 5 atom stereocenters. The molecular formula is C41H41F3N6O10S. The average Bonchev–Trinajstić information content (AvgIpc) is 4.13. The number of furan rings is 1. The number of amides is 4. The number of aromatic nitrogens is 2. The number of rotatable bonds is 7. The van der Waals surface area contributed by atoms with E-state index < -0.39 is 86.3 Å². The molecule has 1 saturated heterocycles. The summed E-state index contributed by atoms with van der Waals surface area (Å²) in [5.41, 5.74) is -1.53. The molecule has 16 nitrogen and oxygen atoms in total. The number of sulfonamides is 1. The first-order valence-electron chi connectivity index (χ1n) is 19.9. The molecule has 2 aromatic heterocycles. The van der Waals surface area contributed by atoms with Crippen LogP contribution in [0.25, 0.3) is 33.5 Å². The van der Waals surface area contributed by atoms with Gasteiger partial charge in [0.1, 0.15) is 34.8 Å². The van der Waals surface area contributed by atoms with Crippen LogP contribution in [-0.4, -0.2) is 95.5 Å². The van der Waals surface area contributed by atoms with E-state index in [9.17, 15) is 45.6 Å². The maximum atomic E-state index is 14.5. The molecule has 0 radical (unpaired) electrons. The summed E-state index contributed by atoms with van der Waals surface area (Å²) in [5.74, 6) is -5.54. The van der Waals surface area contributed by atoms with Gasteiger partial charge >= 0.3 is 18.1 Å². The zero-order chi connectivity index (χ0) is 43.3. The molecule has 2 aliphatic carbocycles. The molecule has 8 rings (SSSR count). The van der Waals surface area contributed by atoms with E-state index in [1.165, 1.54) is 17.0 Å². The van der Waals surface area contributed by atoms with Gasteiger partial charge in [0.25, 0.3) is 11.8 Å². The minimum Gasteiger partial charge on any atom is -0.470 e. The van der Waals surface area contributed by atoms with Crippen LogP contribution in [0.3, 0.4) is 0 Å². The first-order valence-corrected chi connectivity index (χ1v) is 21.4. The van der Waals surface area contributed by atoms with E-state index in [1.807, 2.05) is 6.08 Å². The molecule has 20 heteroatoms. The SMILES string of the molecule is COC(=O)C(=O)N[C@H]1CCCCCC=C[C@@H]2C[C@@]2(C(=O)NS(=O)(=O)C2CC2)NC(=O)[C@@H]2C[C@@H](Oc3nc(-c4ccc(C(F)(F)F)cc4)nc4c3oc3ccccc34)CN2C1=O. The van der Waals surface area contributed by atoms with Gasteiger partial charge in [0.15, 0.2) is 5.82 Å². The Bertz CT molecular complexity index is 2560. The summed E-state index contributed by atoms with van der Waals surface area (Å²) in [7, 11) is -2.98. The van der Waals surface area contributed by atoms with Crippen molar-refractivity contribution >= 4 is 61.7 Å². The first-order chi connectivity index (χ1) is 29.1. The molecule has 2 saturated carbocycles. The lowest BCUT2D eigenvalue weighted by Gasteiger charge is -2.29. The van der Waals surface area contributed by atoms with Crippen molar-refractivity contribution in [3.05, 3.63) is 66.2 Å². The minimum atomic E-state index is -4.58. The monoisotopic (exact) mass is 866 g/mol. The number of halogens is 3. The highest BCUT2D eigenvalue weighted by molar-refractivity contribution is 7.91. The maximum Gasteiger partial charge on any atom is 0.416 e. The minimum absolute atomic E-state index is 0.00281. The number of nitrogens with one attached hydrogen (secondary N) is 3. The lowest BCUT2D eigenvalue weighted by molar-refractivity contribution is -0.154. The molecule has 322 valence electrons. The third-order valence-corrected chi connectivity index (χ3v) is 13.3. The summed E-state index contributed by atoms with van der Waals surface area (Å²) in [6, 6.07) is 8.47. The second kappa shape index (κ2) is 16.1. The molecule has 61 heavy (non-hydrogen) atoms. The molecule has 4 heterocycles. The van der Waals surface area contributed by atoms with Crippen molar-refractivity contribution in [2.75, 3.05) is 13.7 Å². The predicted molar refractivity (Wildman–Crippen MR) is 210 cm³/mol. The smallest absolute Gasteiger partial charge is 0.416 e. The number of fused-ring (bicyclic) bond motifs is 5. The van der Waals surface area contributed by atoms with Crippen molar-refractivity contribution in [2.24, 2.45) is 5.92 Å². The van der Waals surface area contributed by atoms with Gasteiger partial charge < -0.3 is 29.4 Å². The number of esters is 1. The number of hydrogen-bond acceptors (Lipinski definition) is 12. The largest absolute Gasteiger partial charge is 0.470 e. The van der Waals surface area contributed by atoms with Gasteiger partial charge in [-0.25, -0.2) is 18.2 Å². The normalized spacial score (nSPS) is 24.8. The van der Waals surface area contributed by atoms with E-state index in [0.29, 0.717) is 49.5 Å². The van der Waals surface area contributed by atoms with E-state index in [4.69, 9.17) is 9.15 Å². The van der Waals surface area contributed by atoms with Gasteiger partial charge in [0, 0.05) is 23.3 Å². The molecule has 4 aromatic rings. The van der Waals surface area contributed by atoms with Crippen LogP contribution in [0.5, 0.6) is 5.88 Å². The second-order valence-corrected chi connectivity index (χ2v) is 17.7. The third-order valence-electron chi connectivity index (χ3n) is 11.5. The third kappa shape index (κ3) is 8.49. The molecule has 0 spiro atoms. The first kappa shape index (κ1) is 41.7. The Kier molecular flexibility index (Phi) is 11.0. The van der Waals surface area contributed by atoms with Gasteiger partial charge in [-0.3, -0.25) is 23.9 Å². The van der Waals surface area contributed by atoms with Crippen molar-refractivity contribution in [3.63, 3.8) is 0 Å². The Labute approximate surface area is 346 Å². The lowest BCUT2D eigenvalue weighted by atomic mass is 10.0. The molecule has 2 aromatic carbocycles. The fourth-order valence-electron chi connectivity index (χ4n) is 7.90. The molecule has 3 N–H and O–H groups in total. The van der Waals surface area contributed by atoms with Crippen LogP contribution in [0.15, 0.2) is 65.1 Å². The number of methoxy groups -OCH3 is 1. The van der Waals surface area contributed by atoms with E-state index in [1.54, 1.807) is 30.3 Å². The van der Waals surface area contributed by atoms with Crippen LogP contribution in [0.4, 0.5) is 13.2 Å². The van der Waals surface area contributed by atoms with E-state index in [-0.39, 0.29) is 54.2 Å². The van der Waals surface area contributed by atoms with Crippen molar-refractivity contribution in [2.45, 2.75) is 92.9 Å². The van der Waals surface area contributed by atoms with Crippen LogP contribution in [0.1, 0.15) is 63.4 Å². The van der Waals surface area contributed by atoms with Crippen LogP contribution in [0, 0.1) is 5.92 Å². The topological polar surface area (TPSA) is 216 Å². The summed E-state index contributed by atoms with van der Waals surface area (Å²) in [4.78, 5) is 78.1. The average molecular weight is 867 g/mol. The molecule has 3 fully saturated rings. The zero-order valence-corrected chi connectivity index (χ0v) is 33.5.